The molecule has 1 aromatic carbocycles. The van der Waals surface area contributed by atoms with Crippen molar-refractivity contribution in [2.45, 2.75) is 26.5 Å². The maximum absolute atomic E-state index is 12.6. The summed E-state index contributed by atoms with van der Waals surface area (Å²) in [6.07, 6.45) is 0. The smallest absolute Gasteiger partial charge is 0.253 e. The quantitative estimate of drug-likeness (QED) is 0.864. The molecule has 128 valence electrons. The van der Waals surface area contributed by atoms with E-state index < -0.39 is 0 Å². The zero-order chi connectivity index (χ0) is 17.1. The number of ether oxygens (including phenoxy) is 1. The Kier molecular flexibility index (Phi) is 5.20. The van der Waals surface area contributed by atoms with Crippen molar-refractivity contribution in [3.05, 3.63) is 45.8 Å². The maximum Gasteiger partial charge on any atom is 0.253 e. The Morgan fingerprint density at radius 2 is 2.33 bits per heavy atom. The van der Waals surface area contributed by atoms with E-state index in [0.29, 0.717) is 29.7 Å². The molecule has 3 rings (SSSR count). The van der Waals surface area contributed by atoms with Gasteiger partial charge in [0, 0.05) is 37.3 Å². The van der Waals surface area contributed by atoms with E-state index in [2.05, 4.69) is 33.3 Å². The largest absolute Gasteiger partial charge is 0.484 e. The maximum atomic E-state index is 12.6. The molecule has 1 N–H and O–H groups in total. The number of aromatic nitrogens is 1. The van der Waals surface area contributed by atoms with Crippen molar-refractivity contribution in [1.82, 2.24) is 15.4 Å². The summed E-state index contributed by atoms with van der Waals surface area (Å²) in [6.45, 7) is 6.51. The minimum absolute atomic E-state index is 0.0430. The Morgan fingerprint density at radius 1 is 1.50 bits per heavy atom. The fourth-order valence-corrected chi connectivity index (χ4v) is 3.18. The first-order chi connectivity index (χ1) is 11.5. The van der Waals surface area contributed by atoms with Crippen LogP contribution >= 0.6 is 15.9 Å². The number of benzene rings is 1. The molecule has 7 heteroatoms. The molecule has 1 atom stereocenters. The van der Waals surface area contributed by atoms with Crippen LogP contribution in [0.5, 0.6) is 5.75 Å². The number of carbonyl (C=O) groups is 1. The Morgan fingerprint density at radius 3 is 3.00 bits per heavy atom. The molecule has 1 fully saturated rings. The highest BCUT2D eigenvalue weighted by atomic mass is 79.9. The fraction of sp³-hybridized carbons (Fsp3) is 0.412. The van der Waals surface area contributed by atoms with Gasteiger partial charge in [-0.15, -0.1) is 0 Å². The van der Waals surface area contributed by atoms with Crippen LogP contribution in [0.25, 0.3) is 0 Å². The number of halogens is 1. The molecule has 1 saturated heterocycles. The van der Waals surface area contributed by atoms with Crippen LogP contribution in [-0.2, 0) is 6.61 Å². The predicted octanol–water partition coefficient (Wildman–Crippen LogP) is 2.76. The van der Waals surface area contributed by atoms with E-state index in [1.54, 1.807) is 18.2 Å². The molecule has 0 radical (unpaired) electrons. The van der Waals surface area contributed by atoms with Crippen LogP contribution < -0.4 is 10.1 Å². The third kappa shape index (κ3) is 3.96. The molecule has 2 heterocycles. The number of rotatable bonds is 4. The van der Waals surface area contributed by atoms with Crippen molar-refractivity contribution >= 4 is 21.8 Å². The lowest BCUT2D eigenvalue weighted by Gasteiger charge is -2.32. The van der Waals surface area contributed by atoms with Gasteiger partial charge < -0.3 is 19.5 Å². The van der Waals surface area contributed by atoms with Gasteiger partial charge in [-0.1, -0.05) is 5.16 Å². The van der Waals surface area contributed by atoms with Crippen LogP contribution in [0.1, 0.15) is 28.7 Å². The first-order valence-corrected chi connectivity index (χ1v) is 8.69. The molecule has 1 unspecified atom stereocenters. The number of amides is 1. The average Bonchev–Trinajstić information content (AvgIpc) is 2.98. The molecule has 0 spiro atoms. The van der Waals surface area contributed by atoms with Crippen LogP contribution in [0, 0.1) is 6.92 Å². The first-order valence-electron chi connectivity index (χ1n) is 7.90. The number of hydrogen-bond donors (Lipinski definition) is 1. The van der Waals surface area contributed by atoms with Crippen molar-refractivity contribution in [2.24, 2.45) is 0 Å². The van der Waals surface area contributed by atoms with E-state index in [1.165, 1.54) is 0 Å². The highest BCUT2D eigenvalue weighted by Gasteiger charge is 2.22. The number of aryl methyl sites for hydroxylation is 1. The second kappa shape index (κ2) is 7.36. The SMILES string of the molecule is Cc1cc(COc2ccc(C(=O)N3CCNC(C)C3)cc2Br)on1. The van der Waals surface area contributed by atoms with Crippen molar-refractivity contribution in [3.63, 3.8) is 0 Å². The molecule has 1 aliphatic rings. The Bertz CT molecular complexity index is 732. The third-order valence-electron chi connectivity index (χ3n) is 3.88. The van der Waals surface area contributed by atoms with Gasteiger partial charge in [0.05, 0.1) is 10.2 Å². The van der Waals surface area contributed by atoms with Crippen molar-refractivity contribution < 1.29 is 14.1 Å². The average molecular weight is 394 g/mol. The summed E-state index contributed by atoms with van der Waals surface area (Å²) in [5, 5.41) is 7.16. The number of hydrogen-bond acceptors (Lipinski definition) is 5. The summed E-state index contributed by atoms with van der Waals surface area (Å²) >= 11 is 3.48. The standard InChI is InChI=1S/C17H20BrN3O3/c1-11-7-14(24-20-11)10-23-16-4-3-13(8-15(16)18)17(22)21-6-5-19-12(2)9-21/h3-4,7-8,12,19H,5-6,9-10H2,1-2H3. The monoisotopic (exact) mass is 393 g/mol. The van der Waals surface area contributed by atoms with Crippen molar-refractivity contribution in [3.8, 4) is 5.75 Å². The predicted molar refractivity (Wildman–Crippen MR) is 93.1 cm³/mol. The van der Waals surface area contributed by atoms with E-state index in [1.807, 2.05) is 17.9 Å². The minimum atomic E-state index is 0.0430. The lowest BCUT2D eigenvalue weighted by atomic mass is 10.1. The second-order valence-electron chi connectivity index (χ2n) is 5.97. The van der Waals surface area contributed by atoms with E-state index in [9.17, 15) is 4.79 Å². The number of piperazine rings is 1. The molecule has 1 amide bonds. The zero-order valence-corrected chi connectivity index (χ0v) is 15.3. The van der Waals surface area contributed by atoms with Gasteiger partial charge in [0.2, 0.25) is 0 Å². The van der Waals surface area contributed by atoms with E-state index in [4.69, 9.17) is 9.26 Å². The van der Waals surface area contributed by atoms with Gasteiger partial charge in [-0.3, -0.25) is 4.79 Å². The molecule has 1 aliphatic heterocycles. The molecule has 24 heavy (non-hydrogen) atoms. The molecule has 1 aromatic heterocycles. The van der Waals surface area contributed by atoms with Crippen LogP contribution in [0.15, 0.2) is 33.3 Å². The molecular weight excluding hydrogens is 374 g/mol. The molecule has 0 aliphatic carbocycles. The zero-order valence-electron chi connectivity index (χ0n) is 13.7. The highest BCUT2D eigenvalue weighted by molar-refractivity contribution is 9.10. The lowest BCUT2D eigenvalue weighted by molar-refractivity contribution is 0.0709. The Hall–Kier alpha value is -1.86. The van der Waals surface area contributed by atoms with E-state index in [-0.39, 0.29) is 5.91 Å². The molecule has 2 aromatic rings. The van der Waals surface area contributed by atoms with Crippen molar-refractivity contribution in [2.75, 3.05) is 19.6 Å². The lowest BCUT2D eigenvalue weighted by Crippen LogP contribution is -2.51. The van der Waals surface area contributed by atoms with Gasteiger partial charge in [0.25, 0.3) is 5.91 Å². The number of nitrogens with one attached hydrogen (secondary N) is 1. The van der Waals surface area contributed by atoms with E-state index in [0.717, 1.165) is 29.8 Å². The summed E-state index contributed by atoms with van der Waals surface area (Å²) in [5.41, 5.74) is 1.47. The van der Waals surface area contributed by atoms with Gasteiger partial charge in [-0.05, 0) is 48.0 Å². The summed E-state index contributed by atoms with van der Waals surface area (Å²) in [5.74, 6) is 1.37. The fourth-order valence-electron chi connectivity index (χ4n) is 2.68. The second-order valence-corrected chi connectivity index (χ2v) is 6.83. The summed E-state index contributed by atoms with van der Waals surface area (Å²) in [6, 6.07) is 7.54. The molecular formula is C17H20BrN3O3. The highest BCUT2D eigenvalue weighted by Crippen LogP contribution is 2.27. The van der Waals surface area contributed by atoms with Gasteiger partial charge >= 0.3 is 0 Å². The van der Waals surface area contributed by atoms with Crippen LogP contribution in [0.4, 0.5) is 0 Å². The topological polar surface area (TPSA) is 67.6 Å². The Balaban J connectivity index is 1.66. The number of carbonyl (C=O) groups excluding carboxylic acids is 1. The van der Waals surface area contributed by atoms with Crippen LogP contribution in [0.2, 0.25) is 0 Å². The number of nitrogens with zero attached hydrogens (tertiary/aromatic N) is 2. The van der Waals surface area contributed by atoms with E-state index >= 15 is 0 Å². The van der Waals surface area contributed by atoms with Crippen LogP contribution in [-0.4, -0.2) is 41.6 Å². The van der Waals surface area contributed by atoms with Gasteiger partial charge in [0.15, 0.2) is 5.76 Å². The molecule has 6 nitrogen and oxygen atoms in total. The Labute approximate surface area is 149 Å². The van der Waals surface area contributed by atoms with Crippen LogP contribution in [0.3, 0.4) is 0 Å². The van der Waals surface area contributed by atoms with Crippen molar-refractivity contribution in [1.29, 1.82) is 0 Å². The normalized spacial score (nSPS) is 17.8. The molecule has 0 bridgehead atoms. The summed E-state index contributed by atoms with van der Waals surface area (Å²) in [4.78, 5) is 14.5. The summed E-state index contributed by atoms with van der Waals surface area (Å²) in [7, 11) is 0. The van der Waals surface area contributed by atoms with Gasteiger partial charge in [-0.2, -0.15) is 0 Å². The molecule has 0 saturated carbocycles. The van der Waals surface area contributed by atoms with Gasteiger partial charge in [-0.25, -0.2) is 0 Å². The van der Waals surface area contributed by atoms with Gasteiger partial charge in [0.1, 0.15) is 12.4 Å². The third-order valence-corrected chi connectivity index (χ3v) is 4.50. The summed E-state index contributed by atoms with van der Waals surface area (Å²) < 4.78 is 11.6. The minimum Gasteiger partial charge on any atom is -0.484 e. The first kappa shape index (κ1) is 17.0.